The lowest BCUT2D eigenvalue weighted by atomic mass is 9.77. The van der Waals surface area contributed by atoms with E-state index in [1.165, 1.54) is 41.2 Å². The van der Waals surface area contributed by atoms with Crippen molar-refractivity contribution < 1.29 is 38.2 Å². The number of benzene rings is 5. The fourth-order valence-corrected chi connectivity index (χ4v) is 10.0. The molecule has 0 spiro atoms. The number of ether oxygens (including phenoxy) is 3. The van der Waals surface area contributed by atoms with Crippen LogP contribution in [0.2, 0.25) is 0 Å². The van der Waals surface area contributed by atoms with Crippen LogP contribution in [0, 0.1) is 0 Å². The van der Waals surface area contributed by atoms with E-state index in [0.29, 0.717) is 10.7 Å². The Labute approximate surface area is 382 Å². The summed E-state index contributed by atoms with van der Waals surface area (Å²) in [6, 6.07) is 47.6. The van der Waals surface area contributed by atoms with Gasteiger partial charge in [0, 0.05) is 17.0 Å². The zero-order valence-electron chi connectivity index (χ0n) is 34.9. The van der Waals surface area contributed by atoms with Crippen molar-refractivity contribution in [2.24, 2.45) is 5.16 Å². The third-order valence-corrected chi connectivity index (χ3v) is 13.1. The Bertz CT molecular complexity index is 2650. The molecule has 4 heterocycles. The molecule has 65 heavy (non-hydrogen) atoms. The van der Waals surface area contributed by atoms with Gasteiger partial charge in [-0.15, -0.1) is 23.1 Å². The average Bonchev–Trinajstić information content (AvgIpc) is 4.01. The van der Waals surface area contributed by atoms with E-state index in [2.05, 4.69) is 52.2 Å². The number of nitrogens with zero attached hydrogens (tertiary/aromatic N) is 3. The van der Waals surface area contributed by atoms with Gasteiger partial charge in [0.15, 0.2) is 22.6 Å². The van der Waals surface area contributed by atoms with E-state index in [-0.39, 0.29) is 41.8 Å². The number of carbonyl (C=O) groups is 4. The topological polar surface area (TPSA) is 158 Å². The van der Waals surface area contributed by atoms with Gasteiger partial charge in [0.1, 0.15) is 48.7 Å². The van der Waals surface area contributed by atoms with Gasteiger partial charge in [-0.25, -0.2) is 14.6 Å². The number of carbonyl (C=O) groups excluding carboxylic acids is 4. The van der Waals surface area contributed by atoms with E-state index in [4.69, 9.17) is 24.0 Å². The highest BCUT2D eigenvalue weighted by atomic mass is 32.2. The Morgan fingerprint density at radius 3 is 1.91 bits per heavy atom. The van der Waals surface area contributed by atoms with Gasteiger partial charge >= 0.3 is 11.9 Å². The van der Waals surface area contributed by atoms with Gasteiger partial charge in [0.25, 0.3) is 11.8 Å². The number of esters is 2. The molecule has 0 saturated carbocycles. The fourth-order valence-electron chi connectivity index (χ4n) is 8.00. The Morgan fingerprint density at radius 2 is 1.38 bits per heavy atom. The van der Waals surface area contributed by atoms with Crippen LogP contribution in [0.4, 0.5) is 5.13 Å². The monoisotopic (exact) mass is 903 g/mol. The predicted molar refractivity (Wildman–Crippen MR) is 246 cm³/mol. The maximum Gasteiger partial charge on any atom is 0.359 e. The lowest BCUT2D eigenvalue weighted by Gasteiger charge is -2.49. The summed E-state index contributed by atoms with van der Waals surface area (Å²) in [5.74, 6) is -2.20. The SMILES string of the molecule is CO/N=C(/C(=O)N[C@@H]1C(=O)N2C(C(=O)OC(c3ccccc3)c3ccccc3)=C(OCC3=CC(=O)OC3)CS[C@H]12)c1csc(NC(c2ccccc2)(c2ccccc2)c2ccccc2)n1. The van der Waals surface area contributed by atoms with Gasteiger partial charge in [0.2, 0.25) is 0 Å². The number of rotatable bonds is 16. The lowest BCUT2D eigenvalue weighted by Crippen LogP contribution is -2.71. The zero-order chi connectivity index (χ0) is 44.8. The number of thiazole rings is 1. The van der Waals surface area contributed by atoms with Crippen molar-refractivity contribution in [1.82, 2.24) is 15.2 Å². The molecule has 0 aliphatic carbocycles. The molecule has 13 nitrogen and oxygen atoms in total. The molecule has 6 aromatic rings. The van der Waals surface area contributed by atoms with Crippen LogP contribution in [0.15, 0.2) is 185 Å². The summed E-state index contributed by atoms with van der Waals surface area (Å²) in [7, 11) is 1.32. The average molecular weight is 904 g/mol. The van der Waals surface area contributed by atoms with Crippen LogP contribution >= 0.6 is 23.1 Å². The van der Waals surface area contributed by atoms with Gasteiger partial charge in [-0.2, -0.15) is 0 Å². The first-order chi connectivity index (χ1) is 31.8. The van der Waals surface area contributed by atoms with Gasteiger partial charge in [-0.1, -0.05) is 157 Å². The second-order valence-corrected chi connectivity index (χ2v) is 17.0. The number of aromatic nitrogens is 1. The van der Waals surface area contributed by atoms with Gasteiger partial charge in [-0.05, 0) is 27.8 Å². The van der Waals surface area contributed by atoms with Crippen LogP contribution in [-0.4, -0.2) is 76.8 Å². The number of β-lactam (4-membered cyclic amide) rings is 1. The molecule has 2 N–H and O–H groups in total. The summed E-state index contributed by atoms with van der Waals surface area (Å²) < 4.78 is 17.4. The van der Waals surface area contributed by atoms with E-state index in [1.807, 2.05) is 115 Å². The lowest BCUT2D eigenvalue weighted by molar-refractivity contribution is -0.155. The van der Waals surface area contributed by atoms with Crippen molar-refractivity contribution in [3.05, 3.63) is 214 Å². The minimum atomic E-state index is -1.06. The minimum absolute atomic E-state index is 0.0451. The molecular formula is C50H41N5O8S2. The quantitative estimate of drug-likeness (QED) is 0.0329. The number of anilines is 1. The normalized spacial score (nSPS) is 17.1. The van der Waals surface area contributed by atoms with Crippen molar-refractivity contribution in [2.75, 3.05) is 31.4 Å². The number of nitrogens with one attached hydrogen (secondary N) is 2. The Balaban J connectivity index is 0.979. The standard InChI is InChI=1S/C50H41N5O8S2/c1-60-54-41(38-30-65-49(51-38)53-50(35-21-11-4-12-22-35,36-23-13-5-14-24-36)37-25-15-6-16-26-37)45(57)52-42-46(58)55-43(39(31-64-47(42)55)61-28-32-27-40(56)62-29-32)48(59)63-44(33-17-7-2-8-18-33)34-19-9-3-10-20-34/h2-27,30,42,44,47H,28-29,31H2,1H3,(H,51,53)(H,52,57)/b54-41+/t42-,47-/m1/s1. The van der Waals surface area contributed by atoms with Gasteiger partial charge in [-0.3, -0.25) is 14.5 Å². The minimum Gasteiger partial charge on any atom is -0.490 e. The maximum absolute atomic E-state index is 14.4. The molecule has 326 valence electrons. The van der Waals surface area contributed by atoms with E-state index in [1.54, 1.807) is 5.38 Å². The molecule has 0 radical (unpaired) electrons. The summed E-state index contributed by atoms with van der Waals surface area (Å²) in [5, 5.41) is 12.1. The van der Waals surface area contributed by atoms with Crippen molar-refractivity contribution in [3.8, 4) is 0 Å². The maximum atomic E-state index is 14.4. The number of hydrogen-bond acceptors (Lipinski definition) is 13. The Hall–Kier alpha value is -7.49. The summed E-state index contributed by atoms with van der Waals surface area (Å²) in [5.41, 5.74) is 4.03. The second kappa shape index (κ2) is 19.1. The fraction of sp³-hybridized carbons (Fsp3) is 0.160. The molecule has 1 fully saturated rings. The van der Waals surface area contributed by atoms with Crippen LogP contribution in [0.1, 0.15) is 39.6 Å². The van der Waals surface area contributed by atoms with E-state index < -0.39 is 46.8 Å². The first-order valence-corrected chi connectivity index (χ1v) is 22.6. The number of cyclic esters (lactones) is 1. The third kappa shape index (κ3) is 8.75. The summed E-state index contributed by atoms with van der Waals surface area (Å²) >= 11 is 2.59. The van der Waals surface area contributed by atoms with Crippen molar-refractivity contribution >= 4 is 57.7 Å². The van der Waals surface area contributed by atoms with Gasteiger partial charge in [0.05, 0.1) is 5.75 Å². The molecule has 3 aliphatic rings. The van der Waals surface area contributed by atoms with Crippen LogP contribution in [0.3, 0.4) is 0 Å². The highest BCUT2D eigenvalue weighted by molar-refractivity contribution is 8.00. The van der Waals surface area contributed by atoms with Crippen LogP contribution < -0.4 is 10.6 Å². The molecule has 1 saturated heterocycles. The smallest absolute Gasteiger partial charge is 0.359 e. The number of hydrogen-bond donors (Lipinski definition) is 2. The summed E-state index contributed by atoms with van der Waals surface area (Å²) in [4.78, 5) is 66.0. The molecule has 3 aliphatic heterocycles. The Kier molecular flexibility index (Phi) is 12.6. The molecule has 15 heteroatoms. The van der Waals surface area contributed by atoms with Crippen molar-refractivity contribution in [1.29, 1.82) is 0 Å². The molecule has 9 rings (SSSR count). The molecule has 2 atom stereocenters. The van der Waals surface area contributed by atoms with E-state index in [9.17, 15) is 19.2 Å². The molecule has 1 aromatic heterocycles. The predicted octanol–water partition coefficient (Wildman–Crippen LogP) is 7.34. The van der Waals surface area contributed by atoms with Crippen LogP contribution in [0.5, 0.6) is 0 Å². The molecular weight excluding hydrogens is 863 g/mol. The zero-order valence-corrected chi connectivity index (χ0v) is 36.5. The molecule has 2 amide bonds. The number of fused-ring (bicyclic) bond motifs is 1. The van der Waals surface area contributed by atoms with E-state index in [0.717, 1.165) is 27.8 Å². The van der Waals surface area contributed by atoms with Crippen molar-refractivity contribution in [2.45, 2.75) is 23.1 Å². The number of amides is 2. The molecule has 0 bridgehead atoms. The van der Waals surface area contributed by atoms with Crippen LogP contribution in [-0.2, 0) is 43.8 Å². The molecule has 0 unspecified atom stereocenters. The number of thioether (sulfide) groups is 1. The first-order valence-electron chi connectivity index (χ1n) is 20.6. The highest BCUT2D eigenvalue weighted by Crippen LogP contribution is 2.43. The Morgan fingerprint density at radius 1 is 0.831 bits per heavy atom. The number of oxime groups is 1. The second-order valence-electron chi connectivity index (χ2n) is 15.1. The van der Waals surface area contributed by atoms with Gasteiger partial charge < -0.3 is 29.7 Å². The van der Waals surface area contributed by atoms with Crippen LogP contribution in [0.25, 0.3) is 0 Å². The first kappa shape index (κ1) is 42.8. The van der Waals surface area contributed by atoms with E-state index >= 15 is 0 Å². The highest BCUT2D eigenvalue weighted by Gasteiger charge is 2.56. The summed E-state index contributed by atoms with van der Waals surface area (Å²) in [6.07, 6.45) is 0.524. The summed E-state index contributed by atoms with van der Waals surface area (Å²) in [6.45, 7) is 0.00885. The van der Waals surface area contributed by atoms with Crippen molar-refractivity contribution in [3.63, 3.8) is 0 Å². The molecule has 5 aromatic carbocycles. The largest absolute Gasteiger partial charge is 0.490 e. The third-order valence-electron chi connectivity index (χ3n) is 11.1.